The number of nitro benzene ring substituents is 1. The molecule has 1 aliphatic rings. The molecule has 0 bridgehead atoms. The lowest BCUT2D eigenvalue weighted by Gasteiger charge is -2.36. The summed E-state index contributed by atoms with van der Waals surface area (Å²) in [5.41, 5.74) is 0.599. The van der Waals surface area contributed by atoms with Gasteiger partial charge in [0.1, 0.15) is 0 Å². The zero-order chi connectivity index (χ0) is 17.0. The van der Waals surface area contributed by atoms with Gasteiger partial charge in [0.25, 0.3) is 11.6 Å². The van der Waals surface area contributed by atoms with E-state index in [4.69, 9.17) is 5.11 Å². The number of nitro groups is 1. The van der Waals surface area contributed by atoms with Crippen LogP contribution in [-0.2, 0) is 4.79 Å². The highest BCUT2D eigenvalue weighted by molar-refractivity contribution is 5.96. The Labute approximate surface area is 134 Å². The fourth-order valence-corrected chi connectivity index (χ4v) is 3.07. The molecule has 2 rings (SSSR count). The van der Waals surface area contributed by atoms with Crippen molar-refractivity contribution in [1.29, 1.82) is 0 Å². The maximum atomic E-state index is 12.8. The van der Waals surface area contributed by atoms with Gasteiger partial charge in [-0.25, -0.2) is 0 Å². The van der Waals surface area contributed by atoms with Crippen LogP contribution in [0.15, 0.2) is 18.2 Å². The van der Waals surface area contributed by atoms with Gasteiger partial charge < -0.3 is 10.0 Å². The lowest BCUT2D eigenvalue weighted by molar-refractivity contribution is -0.385. The topological polar surface area (TPSA) is 101 Å². The highest BCUT2D eigenvalue weighted by Gasteiger charge is 2.29. The summed E-state index contributed by atoms with van der Waals surface area (Å²) in [6.45, 7) is 2.13. The number of benzene rings is 1. The summed E-state index contributed by atoms with van der Waals surface area (Å²) < 4.78 is 0. The predicted octanol–water partition coefficient (Wildman–Crippen LogP) is 2.76. The molecule has 1 saturated heterocycles. The summed E-state index contributed by atoms with van der Waals surface area (Å²) in [4.78, 5) is 35.8. The van der Waals surface area contributed by atoms with Gasteiger partial charge in [0.15, 0.2) is 0 Å². The highest BCUT2D eigenvalue weighted by atomic mass is 16.6. The van der Waals surface area contributed by atoms with Crippen LogP contribution < -0.4 is 0 Å². The van der Waals surface area contributed by atoms with Gasteiger partial charge in [-0.15, -0.1) is 0 Å². The minimum Gasteiger partial charge on any atom is -0.481 e. The summed E-state index contributed by atoms with van der Waals surface area (Å²) in [7, 11) is 0. The van der Waals surface area contributed by atoms with Crippen molar-refractivity contribution in [2.75, 3.05) is 6.54 Å². The summed E-state index contributed by atoms with van der Waals surface area (Å²) in [6, 6.07) is 4.36. The highest BCUT2D eigenvalue weighted by Crippen LogP contribution is 2.27. The summed E-state index contributed by atoms with van der Waals surface area (Å²) in [5, 5.41) is 19.9. The molecule has 1 atom stereocenters. The second-order valence-electron chi connectivity index (χ2n) is 5.79. The molecule has 1 amide bonds. The van der Waals surface area contributed by atoms with Gasteiger partial charge in [-0.3, -0.25) is 19.7 Å². The molecule has 1 aromatic rings. The summed E-state index contributed by atoms with van der Waals surface area (Å²) >= 11 is 0. The Morgan fingerprint density at radius 2 is 2.13 bits per heavy atom. The molecule has 1 fully saturated rings. The van der Waals surface area contributed by atoms with Gasteiger partial charge >= 0.3 is 5.97 Å². The second-order valence-corrected chi connectivity index (χ2v) is 5.79. The maximum Gasteiger partial charge on any atom is 0.303 e. The van der Waals surface area contributed by atoms with Crippen LogP contribution in [0.2, 0.25) is 0 Å². The van der Waals surface area contributed by atoms with Crippen molar-refractivity contribution in [3.8, 4) is 0 Å². The monoisotopic (exact) mass is 320 g/mol. The Morgan fingerprint density at radius 1 is 1.39 bits per heavy atom. The van der Waals surface area contributed by atoms with E-state index in [1.807, 2.05) is 0 Å². The molecule has 0 radical (unpaired) electrons. The van der Waals surface area contributed by atoms with Crippen molar-refractivity contribution in [3.63, 3.8) is 0 Å². The van der Waals surface area contributed by atoms with Crippen molar-refractivity contribution in [2.24, 2.45) is 0 Å². The zero-order valence-corrected chi connectivity index (χ0v) is 13.0. The molecule has 7 heteroatoms. The first kappa shape index (κ1) is 16.9. The minimum absolute atomic E-state index is 0.0162. The number of rotatable bonds is 5. The van der Waals surface area contributed by atoms with E-state index < -0.39 is 10.9 Å². The Hall–Kier alpha value is -2.44. The fourth-order valence-electron chi connectivity index (χ4n) is 3.07. The van der Waals surface area contributed by atoms with Crippen LogP contribution in [0, 0.1) is 17.0 Å². The van der Waals surface area contributed by atoms with Crippen LogP contribution in [0.5, 0.6) is 0 Å². The number of carboxylic acid groups (broad SMARTS) is 1. The van der Waals surface area contributed by atoms with Gasteiger partial charge in [0.2, 0.25) is 0 Å². The SMILES string of the molecule is Cc1c(C(=O)N2CCCCC2CCC(=O)O)cccc1[N+](=O)[O-]. The Morgan fingerprint density at radius 3 is 2.78 bits per heavy atom. The van der Waals surface area contributed by atoms with Crippen LogP contribution in [0.25, 0.3) is 0 Å². The molecule has 1 heterocycles. The van der Waals surface area contributed by atoms with E-state index in [-0.39, 0.29) is 24.1 Å². The van der Waals surface area contributed by atoms with Gasteiger partial charge in [-0.1, -0.05) is 6.07 Å². The molecule has 1 unspecified atom stereocenters. The van der Waals surface area contributed by atoms with E-state index in [2.05, 4.69) is 0 Å². The largest absolute Gasteiger partial charge is 0.481 e. The van der Waals surface area contributed by atoms with Crippen molar-refractivity contribution < 1.29 is 19.6 Å². The normalized spacial score (nSPS) is 17.8. The van der Waals surface area contributed by atoms with Crippen LogP contribution in [-0.4, -0.2) is 39.4 Å². The van der Waals surface area contributed by atoms with E-state index >= 15 is 0 Å². The molecular weight excluding hydrogens is 300 g/mol. The molecular formula is C16H20N2O5. The number of piperidine rings is 1. The molecule has 7 nitrogen and oxygen atoms in total. The van der Waals surface area contributed by atoms with Crippen molar-refractivity contribution in [2.45, 2.75) is 45.1 Å². The van der Waals surface area contributed by atoms with Crippen molar-refractivity contribution in [1.82, 2.24) is 4.90 Å². The van der Waals surface area contributed by atoms with Gasteiger partial charge in [-0.05, 0) is 38.7 Å². The van der Waals surface area contributed by atoms with Gasteiger partial charge in [0.05, 0.1) is 4.92 Å². The van der Waals surface area contributed by atoms with Crippen LogP contribution in [0.4, 0.5) is 5.69 Å². The number of carbonyl (C=O) groups is 2. The molecule has 0 aliphatic carbocycles. The molecule has 23 heavy (non-hydrogen) atoms. The Kier molecular flexibility index (Phi) is 5.31. The van der Waals surface area contributed by atoms with Crippen LogP contribution in [0.1, 0.15) is 48.0 Å². The smallest absolute Gasteiger partial charge is 0.303 e. The average molecular weight is 320 g/mol. The fraction of sp³-hybridized carbons (Fsp3) is 0.500. The number of likely N-dealkylation sites (tertiary alicyclic amines) is 1. The van der Waals surface area contributed by atoms with Crippen LogP contribution >= 0.6 is 0 Å². The molecule has 124 valence electrons. The van der Waals surface area contributed by atoms with E-state index in [9.17, 15) is 19.7 Å². The van der Waals surface area contributed by atoms with Crippen molar-refractivity contribution in [3.05, 3.63) is 39.4 Å². The third kappa shape index (κ3) is 3.85. The average Bonchev–Trinajstić information content (AvgIpc) is 2.52. The number of hydrogen-bond donors (Lipinski definition) is 1. The van der Waals surface area contributed by atoms with Gasteiger partial charge in [-0.2, -0.15) is 0 Å². The molecule has 1 aliphatic heterocycles. The lowest BCUT2D eigenvalue weighted by Crippen LogP contribution is -2.44. The zero-order valence-electron chi connectivity index (χ0n) is 13.0. The quantitative estimate of drug-likeness (QED) is 0.664. The third-order valence-corrected chi connectivity index (χ3v) is 4.31. The predicted molar refractivity (Wildman–Crippen MR) is 83.4 cm³/mol. The second kappa shape index (κ2) is 7.21. The Balaban J connectivity index is 2.25. The third-order valence-electron chi connectivity index (χ3n) is 4.31. The van der Waals surface area contributed by atoms with Crippen LogP contribution in [0.3, 0.4) is 0 Å². The number of carboxylic acids is 1. The first-order valence-electron chi connectivity index (χ1n) is 7.68. The number of aliphatic carboxylic acids is 1. The van der Waals surface area contributed by atoms with E-state index in [1.165, 1.54) is 12.1 Å². The maximum absolute atomic E-state index is 12.8. The molecule has 0 aromatic heterocycles. The lowest BCUT2D eigenvalue weighted by atomic mass is 9.96. The molecule has 1 N–H and O–H groups in total. The number of amides is 1. The molecule has 1 aromatic carbocycles. The first-order chi connectivity index (χ1) is 10.9. The van der Waals surface area contributed by atoms with E-state index in [1.54, 1.807) is 17.9 Å². The number of nitrogens with zero attached hydrogens (tertiary/aromatic N) is 2. The van der Waals surface area contributed by atoms with E-state index in [0.29, 0.717) is 24.1 Å². The molecule has 0 spiro atoms. The number of carbonyl (C=O) groups excluding carboxylic acids is 1. The summed E-state index contributed by atoms with van der Waals surface area (Å²) in [5.74, 6) is -1.13. The van der Waals surface area contributed by atoms with Crippen molar-refractivity contribution >= 4 is 17.6 Å². The first-order valence-corrected chi connectivity index (χ1v) is 7.68. The standard InChI is InChI=1S/C16H20N2O5/c1-11-13(6-4-7-14(11)18(22)23)16(21)17-10-3-2-5-12(17)8-9-15(19)20/h4,6-7,12H,2-3,5,8-10H2,1H3,(H,19,20). The Bertz CT molecular complexity index is 629. The van der Waals surface area contributed by atoms with E-state index in [0.717, 1.165) is 19.3 Å². The minimum atomic E-state index is -0.880. The van der Waals surface area contributed by atoms with Gasteiger partial charge in [0, 0.05) is 36.2 Å². The molecule has 0 saturated carbocycles. The summed E-state index contributed by atoms with van der Waals surface area (Å²) in [6.07, 6.45) is 3.02. The number of hydrogen-bond acceptors (Lipinski definition) is 4.